The molecule has 23 heavy (non-hydrogen) atoms. The van der Waals surface area contributed by atoms with Crippen LogP contribution in [-0.4, -0.2) is 24.8 Å². The van der Waals surface area contributed by atoms with Gasteiger partial charge in [-0.05, 0) is 38.1 Å². The van der Waals surface area contributed by atoms with Crippen molar-refractivity contribution in [2.24, 2.45) is 0 Å². The summed E-state index contributed by atoms with van der Waals surface area (Å²) in [4.78, 5) is 25.6. The lowest BCUT2D eigenvalue weighted by atomic mass is 10.2. The SMILES string of the molecule is Cc1ccc(C(=O)O[C@@H](C)C(=O)Nc2ccc3c(c2)OCO3)s1. The smallest absolute Gasteiger partial charge is 0.349 e. The maximum Gasteiger partial charge on any atom is 0.349 e. The lowest BCUT2D eigenvalue weighted by Crippen LogP contribution is -2.29. The Labute approximate surface area is 137 Å². The zero-order valence-electron chi connectivity index (χ0n) is 12.6. The summed E-state index contributed by atoms with van der Waals surface area (Å²) in [5.41, 5.74) is 0.550. The minimum atomic E-state index is -0.907. The summed E-state index contributed by atoms with van der Waals surface area (Å²) in [6, 6.07) is 8.59. The molecule has 0 spiro atoms. The van der Waals surface area contributed by atoms with Crippen LogP contribution in [0, 0.1) is 6.92 Å². The van der Waals surface area contributed by atoms with E-state index in [1.54, 1.807) is 24.3 Å². The number of anilines is 1. The molecule has 1 N–H and O–H groups in total. The molecular weight excluding hydrogens is 318 g/mol. The molecule has 7 heteroatoms. The van der Waals surface area contributed by atoms with Crippen molar-refractivity contribution in [2.45, 2.75) is 20.0 Å². The van der Waals surface area contributed by atoms with Gasteiger partial charge < -0.3 is 19.5 Å². The van der Waals surface area contributed by atoms with Crippen molar-refractivity contribution in [3.8, 4) is 11.5 Å². The van der Waals surface area contributed by atoms with Crippen molar-refractivity contribution in [2.75, 3.05) is 12.1 Å². The number of carbonyl (C=O) groups excluding carboxylic acids is 2. The van der Waals surface area contributed by atoms with E-state index in [-0.39, 0.29) is 6.79 Å². The lowest BCUT2D eigenvalue weighted by molar-refractivity contribution is -0.123. The second-order valence-electron chi connectivity index (χ2n) is 5.02. The van der Waals surface area contributed by atoms with Crippen LogP contribution in [0.2, 0.25) is 0 Å². The first-order chi connectivity index (χ1) is 11.0. The van der Waals surface area contributed by atoms with Gasteiger partial charge in [-0.2, -0.15) is 0 Å². The van der Waals surface area contributed by atoms with Gasteiger partial charge in [0.1, 0.15) is 4.88 Å². The third kappa shape index (κ3) is 3.45. The number of ether oxygens (including phenoxy) is 3. The number of rotatable bonds is 4. The fraction of sp³-hybridized carbons (Fsp3) is 0.250. The molecule has 0 radical (unpaired) electrons. The van der Waals surface area contributed by atoms with Gasteiger partial charge in [0.2, 0.25) is 6.79 Å². The first-order valence-corrected chi connectivity index (χ1v) is 7.82. The number of amides is 1. The fourth-order valence-electron chi connectivity index (χ4n) is 2.03. The van der Waals surface area contributed by atoms with Crippen LogP contribution in [0.25, 0.3) is 0 Å². The minimum absolute atomic E-state index is 0.168. The number of aryl methyl sites for hydroxylation is 1. The van der Waals surface area contributed by atoms with Crippen molar-refractivity contribution < 1.29 is 23.8 Å². The molecule has 2 aromatic rings. The third-order valence-corrected chi connectivity index (χ3v) is 4.22. The van der Waals surface area contributed by atoms with Crippen LogP contribution in [0.15, 0.2) is 30.3 Å². The molecule has 0 unspecified atom stereocenters. The predicted molar refractivity (Wildman–Crippen MR) is 85.1 cm³/mol. The molecule has 2 heterocycles. The van der Waals surface area contributed by atoms with Gasteiger partial charge in [0, 0.05) is 16.6 Å². The highest BCUT2D eigenvalue weighted by atomic mass is 32.1. The number of nitrogens with one attached hydrogen (secondary N) is 1. The Morgan fingerprint density at radius 2 is 2.00 bits per heavy atom. The van der Waals surface area contributed by atoms with E-state index in [0.29, 0.717) is 22.1 Å². The zero-order valence-corrected chi connectivity index (χ0v) is 13.4. The summed E-state index contributed by atoms with van der Waals surface area (Å²) in [6.45, 7) is 3.60. The summed E-state index contributed by atoms with van der Waals surface area (Å²) >= 11 is 1.33. The van der Waals surface area contributed by atoms with Crippen molar-refractivity contribution >= 4 is 28.9 Å². The van der Waals surface area contributed by atoms with Gasteiger partial charge >= 0.3 is 5.97 Å². The number of thiophene rings is 1. The van der Waals surface area contributed by atoms with Gasteiger partial charge in [-0.15, -0.1) is 11.3 Å². The van der Waals surface area contributed by atoms with Crippen LogP contribution >= 0.6 is 11.3 Å². The second-order valence-corrected chi connectivity index (χ2v) is 6.30. The topological polar surface area (TPSA) is 73.9 Å². The molecule has 0 saturated heterocycles. The van der Waals surface area contributed by atoms with Crippen molar-refractivity contribution in [1.29, 1.82) is 0 Å². The number of fused-ring (bicyclic) bond motifs is 1. The van der Waals surface area contributed by atoms with Gasteiger partial charge in [-0.3, -0.25) is 4.79 Å². The Kier molecular flexibility index (Phi) is 4.20. The van der Waals surface area contributed by atoms with Crippen LogP contribution in [0.4, 0.5) is 5.69 Å². The summed E-state index contributed by atoms with van der Waals surface area (Å²) in [5.74, 6) is 0.291. The average Bonchev–Trinajstić information content (AvgIpc) is 3.15. The standard InChI is InChI=1S/C16H15NO5S/c1-9-3-6-14(23-9)16(19)22-10(2)15(18)17-11-4-5-12-13(7-11)21-8-20-12/h3-7,10H,8H2,1-2H3,(H,17,18)/t10-/m0/s1. The largest absolute Gasteiger partial charge is 0.454 e. The van der Waals surface area contributed by atoms with E-state index in [0.717, 1.165) is 4.88 Å². The van der Waals surface area contributed by atoms with Gasteiger partial charge in [-0.25, -0.2) is 4.79 Å². The molecule has 1 aromatic heterocycles. The first kappa shape index (κ1) is 15.4. The highest BCUT2D eigenvalue weighted by molar-refractivity contribution is 7.13. The van der Waals surface area contributed by atoms with Crippen LogP contribution in [0.5, 0.6) is 11.5 Å². The van der Waals surface area contributed by atoms with Gasteiger partial charge in [0.05, 0.1) is 0 Å². The molecular formula is C16H15NO5S. The van der Waals surface area contributed by atoms with E-state index in [2.05, 4.69) is 5.32 Å². The summed E-state index contributed by atoms with van der Waals surface area (Å²) in [7, 11) is 0. The molecule has 1 aliphatic heterocycles. The molecule has 0 bridgehead atoms. The molecule has 0 fully saturated rings. The highest BCUT2D eigenvalue weighted by Gasteiger charge is 2.21. The maximum atomic E-state index is 12.1. The van der Waals surface area contributed by atoms with Crippen LogP contribution < -0.4 is 14.8 Å². The van der Waals surface area contributed by atoms with Crippen LogP contribution in [0.3, 0.4) is 0 Å². The van der Waals surface area contributed by atoms with Gasteiger partial charge in [0.15, 0.2) is 17.6 Å². The summed E-state index contributed by atoms with van der Waals surface area (Å²) in [5, 5.41) is 2.69. The van der Waals surface area contributed by atoms with E-state index < -0.39 is 18.0 Å². The number of benzene rings is 1. The average molecular weight is 333 g/mol. The molecule has 1 aromatic carbocycles. The molecule has 0 aliphatic carbocycles. The lowest BCUT2D eigenvalue weighted by Gasteiger charge is -2.13. The first-order valence-electron chi connectivity index (χ1n) is 7.01. The summed E-state index contributed by atoms with van der Waals surface area (Å²) < 4.78 is 15.6. The van der Waals surface area contributed by atoms with Crippen molar-refractivity contribution in [3.63, 3.8) is 0 Å². The number of esters is 1. The van der Waals surface area contributed by atoms with Gasteiger partial charge in [0.25, 0.3) is 5.91 Å². The monoisotopic (exact) mass is 333 g/mol. The Morgan fingerprint density at radius 3 is 2.74 bits per heavy atom. The van der Waals surface area contributed by atoms with Crippen molar-refractivity contribution in [3.05, 3.63) is 40.1 Å². The number of carbonyl (C=O) groups is 2. The molecule has 1 aliphatic rings. The Morgan fingerprint density at radius 1 is 1.22 bits per heavy atom. The quantitative estimate of drug-likeness (QED) is 0.871. The van der Waals surface area contributed by atoms with E-state index in [1.807, 2.05) is 13.0 Å². The minimum Gasteiger partial charge on any atom is -0.454 e. The third-order valence-electron chi connectivity index (χ3n) is 3.23. The van der Waals surface area contributed by atoms with E-state index in [4.69, 9.17) is 14.2 Å². The van der Waals surface area contributed by atoms with E-state index >= 15 is 0 Å². The zero-order chi connectivity index (χ0) is 16.4. The van der Waals surface area contributed by atoms with Crippen LogP contribution in [-0.2, 0) is 9.53 Å². The molecule has 1 amide bonds. The Balaban J connectivity index is 1.60. The second kappa shape index (κ2) is 6.29. The normalized spacial score (nSPS) is 13.5. The van der Waals surface area contributed by atoms with E-state index in [9.17, 15) is 9.59 Å². The summed E-state index contributed by atoms with van der Waals surface area (Å²) in [6.07, 6.45) is -0.907. The number of hydrogen-bond acceptors (Lipinski definition) is 6. The molecule has 120 valence electrons. The molecule has 3 rings (SSSR count). The maximum absolute atomic E-state index is 12.1. The van der Waals surface area contributed by atoms with Crippen molar-refractivity contribution in [1.82, 2.24) is 0 Å². The highest BCUT2D eigenvalue weighted by Crippen LogP contribution is 2.34. The van der Waals surface area contributed by atoms with E-state index in [1.165, 1.54) is 18.3 Å². The van der Waals surface area contributed by atoms with Crippen LogP contribution in [0.1, 0.15) is 21.5 Å². The Bertz CT molecular complexity index is 755. The van der Waals surface area contributed by atoms with Gasteiger partial charge in [-0.1, -0.05) is 0 Å². The molecule has 6 nitrogen and oxygen atoms in total. The fourth-order valence-corrected chi connectivity index (χ4v) is 2.79. The predicted octanol–water partition coefficient (Wildman–Crippen LogP) is 2.97. The molecule has 1 atom stereocenters. The molecule has 0 saturated carbocycles. The Hall–Kier alpha value is -2.54. The number of hydrogen-bond donors (Lipinski definition) is 1.